The largest absolute Gasteiger partial charge is 0.489 e. The van der Waals surface area contributed by atoms with E-state index < -0.39 is 29.7 Å². The normalized spacial score (nSPS) is 25.5. The Labute approximate surface area is 317 Å². The molecule has 3 fully saturated rings. The van der Waals surface area contributed by atoms with Crippen molar-refractivity contribution in [1.29, 1.82) is 5.26 Å². The molecule has 9 rings (SSSR count). The maximum absolute atomic E-state index is 13.9. The molecule has 6 aliphatic rings. The lowest BCUT2D eigenvalue weighted by atomic mass is 9.49. The summed E-state index contributed by atoms with van der Waals surface area (Å²) in [6.45, 7) is 12.0. The van der Waals surface area contributed by atoms with Crippen molar-refractivity contribution in [2.75, 3.05) is 18.0 Å². The van der Waals surface area contributed by atoms with Crippen LogP contribution in [0, 0.1) is 22.2 Å². The third kappa shape index (κ3) is 5.01. The van der Waals surface area contributed by atoms with Gasteiger partial charge in [-0.2, -0.15) is 5.26 Å². The first kappa shape index (κ1) is 34.5. The zero-order valence-electron chi connectivity index (χ0n) is 30.4. The Morgan fingerprint density at radius 3 is 2.09 bits per heavy atom. The number of fused-ring (bicyclic) bond motifs is 3. The highest BCUT2D eigenvalue weighted by atomic mass is 35.5. The molecule has 54 heavy (non-hydrogen) atoms. The van der Waals surface area contributed by atoms with Gasteiger partial charge in [0.25, 0.3) is 17.7 Å². The molecule has 5 amide bonds. The van der Waals surface area contributed by atoms with Crippen LogP contribution in [0.1, 0.15) is 93.9 Å². The number of nitriles is 1. The standard InChI is InChI=1S/C41H39ClN6O6/c1-40(2)38(41(3,4)39(40)54-27-7-5-21(15-43)31(42)14-27)47-18-24-11-25(6-8-28(24)35(47)51)46-19-26(20-46)45-16-22-12-29-30(13-23(22)17-45)37(53)48(36(29)52)32-9-10-33(49)44-34(32)50/h5-8,11-14,26,32,38-39H,9-10,16-20H2,1-4H3,(H,44,49,50). The van der Waals surface area contributed by atoms with Crippen LogP contribution >= 0.6 is 11.6 Å². The lowest BCUT2D eigenvalue weighted by molar-refractivity contribution is -0.199. The van der Waals surface area contributed by atoms with Gasteiger partial charge in [0.2, 0.25) is 11.8 Å². The summed E-state index contributed by atoms with van der Waals surface area (Å²) in [5.74, 6) is -1.35. The van der Waals surface area contributed by atoms with Crippen LogP contribution in [-0.2, 0) is 29.2 Å². The number of hydrogen-bond donors (Lipinski definition) is 1. The van der Waals surface area contributed by atoms with Gasteiger partial charge < -0.3 is 14.5 Å². The van der Waals surface area contributed by atoms with E-state index in [0.29, 0.717) is 47.1 Å². The monoisotopic (exact) mass is 746 g/mol. The highest BCUT2D eigenvalue weighted by molar-refractivity contribution is 6.31. The van der Waals surface area contributed by atoms with Crippen LogP contribution in [-0.4, -0.2) is 81.6 Å². The smallest absolute Gasteiger partial charge is 0.262 e. The fourth-order valence-electron chi connectivity index (χ4n) is 10.3. The Hall–Kier alpha value is -5.25. The maximum Gasteiger partial charge on any atom is 0.262 e. The van der Waals surface area contributed by atoms with Crippen molar-refractivity contribution >= 4 is 46.8 Å². The Morgan fingerprint density at radius 2 is 1.48 bits per heavy atom. The quantitative estimate of drug-likeness (QED) is 0.357. The molecule has 5 aliphatic heterocycles. The summed E-state index contributed by atoms with van der Waals surface area (Å²) in [6.07, 6.45) is 0.0317. The van der Waals surface area contributed by atoms with Crippen LogP contribution < -0.4 is 15.0 Å². The van der Waals surface area contributed by atoms with E-state index >= 15 is 0 Å². The molecule has 276 valence electrons. The van der Waals surface area contributed by atoms with Gasteiger partial charge in [-0.3, -0.25) is 39.1 Å². The Kier molecular flexibility index (Phi) is 7.59. The Balaban J connectivity index is 0.838. The van der Waals surface area contributed by atoms with Gasteiger partial charge in [0.15, 0.2) is 0 Å². The molecule has 3 aromatic rings. The number of rotatable bonds is 6. The predicted molar refractivity (Wildman–Crippen MR) is 197 cm³/mol. The maximum atomic E-state index is 13.9. The number of imide groups is 2. The number of piperidine rings is 1. The Morgan fingerprint density at radius 1 is 0.815 bits per heavy atom. The molecule has 0 aromatic heterocycles. The van der Waals surface area contributed by atoms with Gasteiger partial charge in [0, 0.05) is 79.4 Å². The number of halogens is 1. The van der Waals surface area contributed by atoms with E-state index in [4.69, 9.17) is 16.3 Å². The number of nitrogens with one attached hydrogen (secondary N) is 1. The van der Waals surface area contributed by atoms with E-state index in [1.807, 2.05) is 17.0 Å². The fraction of sp³-hybridized carbons (Fsp3) is 0.415. The minimum atomic E-state index is -0.979. The summed E-state index contributed by atoms with van der Waals surface area (Å²) in [5, 5.41) is 11.8. The average Bonchev–Trinajstić information content (AvgIpc) is 3.72. The highest BCUT2D eigenvalue weighted by Crippen LogP contribution is 2.59. The molecule has 1 aliphatic carbocycles. The van der Waals surface area contributed by atoms with Crippen molar-refractivity contribution in [1.82, 2.24) is 20.0 Å². The summed E-state index contributed by atoms with van der Waals surface area (Å²) in [7, 11) is 0. The molecule has 1 unspecified atom stereocenters. The first-order valence-electron chi connectivity index (χ1n) is 18.3. The molecule has 1 saturated carbocycles. The second-order valence-corrected chi connectivity index (χ2v) is 17.1. The topological polar surface area (TPSA) is 143 Å². The summed E-state index contributed by atoms with van der Waals surface area (Å²) in [6, 6.07) is 16.2. The molecule has 0 radical (unpaired) electrons. The third-order valence-electron chi connectivity index (χ3n) is 12.6. The van der Waals surface area contributed by atoms with Crippen molar-refractivity contribution in [3.05, 3.63) is 92.5 Å². The van der Waals surface area contributed by atoms with Gasteiger partial charge in [0.05, 0.1) is 21.7 Å². The minimum Gasteiger partial charge on any atom is -0.489 e. The van der Waals surface area contributed by atoms with E-state index in [1.165, 1.54) is 0 Å². The van der Waals surface area contributed by atoms with Gasteiger partial charge in [0.1, 0.15) is 24.0 Å². The number of carbonyl (C=O) groups excluding carboxylic acids is 5. The number of carbonyl (C=O) groups is 5. The van der Waals surface area contributed by atoms with E-state index in [-0.39, 0.29) is 47.8 Å². The lowest BCUT2D eigenvalue weighted by Gasteiger charge is -2.65. The number of amides is 5. The summed E-state index contributed by atoms with van der Waals surface area (Å²) in [4.78, 5) is 72.3. The zero-order valence-corrected chi connectivity index (χ0v) is 31.2. The van der Waals surface area contributed by atoms with E-state index in [1.54, 1.807) is 30.3 Å². The molecule has 13 heteroatoms. The highest BCUT2D eigenvalue weighted by Gasteiger charge is 2.67. The van der Waals surface area contributed by atoms with E-state index in [0.717, 1.165) is 45.9 Å². The Bertz CT molecular complexity index is 2210. The summed E-state index contributed by atoms with van der Waals surface area (Å²) < 4.78 is 6.48. The second-order valence-electron chi connectivity index (χ2n) is 16.6. The SMILES string of the molecule is CC1(C)C(Oc2ccc(C#N)c(Cl)c2)C(C)(C)C1N1Cc2cc(N3CC(N4Cc5cc6c(cc5C4)C(=O)N(C4CCC(=O)NC4=O)C6=O)C3)ccc2C1=O. The molecule has 12 nitrogen and oxygen atoms in total. The van der Waals surface area contributed by atoms with Gasteiger partial charge in [-0.25, -0.2) is 0 Å². The molecule has 3 aromatic carbocycles. The fourth-order valence-corrected chi connectivity index (χ4v) is 10.5. The van der Waals surface area contributed by atoms with Crippen LogP contribution in [0.5, 0.6) is 5.75 Å². The lowest BCUT2D eigenvalue weighted by Crippen LogP contribution is -2.74. The average molecular weight is 747 g/mol. The molecule has 1 N–H and O–H groups in total. The molecule has 1 atom stereocenters. The number of ether oxygens (including phenoxy) is 1. The van der Waals surface area contributed by atoms with Crippen LogP contribution in [0.25, 0.3) is 0 Å². The zero-order chi connectivity index (χ0) is 38.0. The number of nitrogens with zero attached hydrogens (tertiary/aromatic N) is 5. The van der Waals surface area contributed by atoms with Crippen molar-refractivity contribution in [3.63, 3.8) is 0 Å². The van der Waals surface area contributed by atoms with Gasteiger partial charge in [-0.1, -0.05) is 39.3 Å². The molecular formula is C41H39ClN6O6. The van der Waals surface area contributed by atoms with Crippen molar-refractivity contribution in [2.24, 2.45) is 10.8 Å². The van der Waals surface area contributed by atoms with Crippen LogP contribution in [0.4, 0.5) is 5.69 Å². The summed E-state index contributed by atoms with van der Waals surface area (Å²) in [5.41, 5.74) is 5.15. The first-order valence-corrected chi connectivity index (χ1v) is 18.7. The number of benzene rings is 3. The van der Waals surface area contributed by atoms with Gasteiger partial charge >= 0.3 is 0 Å². The first-order chi connectivity index (χ1) is 25.7. The van der Waals surface area contributed by atoms with Crippen molar-refractivity contribution in [3.8, 4) is 11.8 Å². The molecule has 5 heterocycles. The third-order valence-corrected chi connectivity index (χ3v) is 12.9. The number of hydrogen-bond acceptors (Lipinski definition) is 9. The molecule has 2 saturated heterocycles. The van der Waals surface area contributed by atoms with Crippen LogP contribution in [0.3, 0.4) is 0 Å². The van der Waals surface area contributed by atoms with Crippen LogP contribution in [0.15, 0.2) is 48.5 Å². The number of anilines is 1. The second kappa shape index (κ2) is 11.9. The van der Waals surface area contributed by atoms with Crippen molar-refractivity contribution < 1.29 is 28.7 Å². The van der Waals surface area contributed by atoms with Crippen molar-refractivity contribution in [2.45, 2.75) is 84.4 Å². The van der Waals surface area contributed by atoms with Crippen LogP contribution in [0.2, 0.25) is 5.02 Å². The molecule has 0 bridgehead atoms. The summed E-state index contributed by atoms with van der Waals surface area (Å²) >= 11 is 6.29. The molecular weight excluding hydrogens is 708 g/mol. The minimum absolute atomic E-state index is 0.0305. The predicted octanol–water partition coefficient (Wildman–Crippen LogP) is 4.66. The van der Waals surface area contributed by atoms with E-state index in [2.05, 4.69) is 54.9 Å². The molecule has 0 spiro atoms. The van der Waals surface area contributed by atoms with E-state index in [9.17, 15) is 29.2 Å². The van der Waals surface area contributed by atoms with Gasteiger partial charge in [-0.15, -0.1) is 0 Å². The van der Waals surface area contributed by atoms with Gasteiger partial charge in [-0.05, 0) is 65.6 Å².